The number of carboxylic acids is 1. The summed E-state index contributed by atoms with van der Waals surface area (Å²) in [6, 6.07) is 1.61. The third-order valence-electron chi connectivity index (χ3n) is 2.26. The van der Waals surface area contributed by atoms with Crippen LogP contribution in [0.3, 0.4) is 0 Å². The first-order valence-corrected chi connectivity index (χ1v) is 5.18. The summed E-state index contributed by atoms with van der Waals surface area (Å²) in [5.74, 6) is 1.54. The Hall–Kier alpha value is -1.73. The Labute approximate surface area is 94.7 Å². The predicted molar refractivity (Wildman–Crippen MR) is 60.0 cm³/mol. The number of furan rings is 1. The number of carbonyl (C=O) groups is 1. The van der Waals surface area contributed by atoms with Crippen molar-refractivity contribution in [2.45, 2.75) is 32.4 Å². The molecular formula is C12H15NO3. The first-order chi connectivity index (χ1) is 7.69. The van der Waals surface area contributed by atoms with Crippen LogP contribution in [0, 0.1) is 12.3 Å². The molecule has 1 aromatic rings. The normalized spacial score (nSPS) is 12.0. The van der Waals surface area contributed by atoms with Crippen molar-refractivity contribution in [3.63, 3.8) is 0 Å². The van der Waals surface area contributed by atoms with Crippen molar-refractivity contribution in [3.05, 3.63) is 23.7 Å². The average molecular weight is 221 g/mol. The van der Waals surface area contributed by atoms with Crippen LogP contribution in [0.5, 0.6) is 0 Å². The van der Waals surface area contributed by atoms with E-state index in [-0.39, 0.29) is 11.8 Å². The highest BCUT2D eigenvalue weighted by atomic mass is 16.4. The number of terminal acetylenes is 1. The summed E-state index contributed by atoms with van der Waals surface area (Å²) < 4.78 is 4.86. The van der Waals surface area contributed by atoms with Gasteiger partial charge in [0.15, 0.2) is 0 Å². The maximum atomic E-state index is 10.8. The first kappa shape index (κ1) is 12.3. The molecule has 0 bridgehead atoms. The van der Waals surface area contributed by atoms with Crippen molar-refractivity contribution in [2.24, 2.45) is 0 Å². The molecule has 1 heterocycles. The second-order valence-electron chi connectivity index (χ2n) is 3.47. The molecule has 4 heteroatoms. The van der Waals surface area contributed by atoms with Crippen LogP contribution in [0.4, 0.5) is 0 Å². The Morgan fingerprint density at radius 1 is 1.75 bits per heavy atom. The molecule has 0 radical (unpaired) electrons. The second kappa shape index (κ2) is 5.99. The van der Waals surface area contributed by atoms with E-state index in [1.165, 1.54) is 6.26 Å². The van der Waals surface area contributed by atoms with Gasteiger partial charge in [0.1, 0.15) is 0 Å². The lowest BCUT2D eigenvalue weighted by Crippen LogP contribution is -2.27. The quantitative estimate of drug-likeness (QED) is 0.720. The second-order valence-corrected chi connectivity index (χ2v) is 3.47. The van der Waals surface area contributed by atoms with Gasteiger partial charge in [0.25, 0.3) is 0 Å². The Balaban J connectivity index is 2.57. The molecule has 86 valence electrons. The van der Waals surface area contributed by atoms with Crippen molar-refractivity contribution in [2.75, 3.05) is 0 Å². The van der Waals surface area contributed by atoms with Gasteiger partial charge < -0.3 is 9.52 Å². The molecule has 0 amide bonds. The van der Waals surface area contributed by atoms with E-state index >= 15 is 0 Å². The van der Waals surface area contributed by atoms with Crippen LogP contribution in [0.2, 0.25) is 0 Å². The van der Waals surface area contributed by atoms with Crippen molar-refractivity contribution < 1.29 is 14.3 Å². The average Bonchev–Trinajstić information content (AvgIpc) is 2.72. The Kier molecular flexibility index (Phi) is 4.62. The topological polar surface area (TPSA) is 62.5 Å². The van der Waals surface area contributed by atoms with Gasteiger partial charge in [-0.1, -0.05) is 19.3 Å². The van der Waals surface area contributed by atoms with Crippen LogP contribution >= 0.6 is 0 Å². The summed E-state index contributed by atoms with van der Waals surface area (Å²) in [5.41, 5.74) is 0.615. The SMILES string of the molecule is C#CC(CCC)NCc1ccoc1C(=O)O. The van der Waals surface area contributed by atoms with E-state index in [2.05, 4.69) is 11.2 Å². The monoisotopic (exact) mass is 221 g/mol. The van der Waals surface area contributed by atoms with Gasteiger partial charge in [0.05, 0.1) is 12.3 Å². The lowest BCUT2D eigenvalue weighted by molar-refractivity contribution is 0.0660. The van der Waals surface area contributed by atoms with Gasteiger partial charge in [-0.25, -0.2) is 4.79 Å². The number of aromatic carboxylic acids is 1. The Morgan fingerprint density at radius 2 is 2.50 bits per heavy atom. The van der Waals surface area contributed by atoms with Gasteiger partial charge in [-0.3, -0.25) is 5.32 Å². The summed E-state index contributed by atoms with van der Waals surface area (Å²) in [5, 5.41) is 11.9. The Morgan fingerprint density at radius 3 is 3.06 bits per heavy atom. The predicted octanol–water partition coefficient (Wildman–Crippen LogP) is 1.87. The molecule has 0 saturated heterocycles. The van der Waals surface area contributed by atoms with Crippen molar-refractivity contribution >= 4 is 5.97 Å². The molecule has 1 atom stereocenters. The fourth-order valence-corrected chi connectivity index (χ4v) is 1.43. The maximum Gasteiger partial charge on any atom is 0.372 e. The zero-order valence-electron chi connectivity index (χ0n) is 9.19. The number of hydrogen-bond donors (Lipinski definition) is 2. The molecule has 1 aromatic heterocycles. The molecule has 0 saturated carbocycles. The largest absolute Gasteiger partial charge is 0.475 e. The third-order valence-corrected chi connectivity index (χ3v) is 2.26. The van der Waals surface area contributed by atoms with E-state index in [0.717, 1.165) is 12.8 Å². The standard InChI is InChI=1S/C12H15NO3/c1-3-5-10(4-2)13-8-9-6-7-16-11(9)12(14)15/h2,6-7,10,13H,3,5,8H2,1H3,(H,14,15). The summed E-state index contributed by atoms with van der Waals surface area (Å²) in [6.07, 6.45) is 8.57. The smallest absolute Gasteiger partial charge is 0.372 e. The number of rotatable bonds is 6. The molecule has 1 rings (SSSR count). The fourth-order valence-electron chi connectivity index (χ4n) is 1.43. The number of hydrogen-bond acceptors (Lipinski definition) is 3. The number of carboxylic acid groups (broad SMARTS) is 1. The highest BCUT2D eigenvalue weighted by Crippen LogP contribution is 2.10. The molecule has 0 aromatic carbocycles. The van der Waals surface area contributed by atoms with Crippen LogP contribution < -0.4 is 5.32 Å². The molecule has 0 aliphatic heterocycles. The molecule has 4 nitrogen and oxygen atoms in total. The van der Waals surface area contributed by atoms with Crippen LogP contribution in [0.25, 0.3) is 0 Å². The highest BCUT2D eigenvalue weighted by Gasteiger charge is 2.14. The summed E-state index contributed by atoms with van der Waals surface area (Å²) in [6.45, 7) is 2.46. The molecular weight excluding hydrogens is 206 g/mol. The summed E-state index contributed by atoms with van der Waals surface area (Å²) in [7, 11) is 0. The zero-order valence-corrected chi connectivity index (χ0v) is 9.19. The fraction of sp³-hybridized carbons (Fsp3) is 0.417. The van der Waals surface area contributed by atoms with Gasteiger partial charge in [0.2, 0.25) is 5.76 Å². The molecule has 2 N–H and O–H groups in total. The van der Waals surface area contributed by atoms with E-state index in [1.54, 1.807) is 6.07 Å². The van der Waals surface area contributed by atoms with E-state index in [1.807, 2.05) is 6.92 Å². The lowest BCUT2D eigenvalue weighted by Gasteiger charge is -2.10. The van der Waals surface area contributed by atoms with Crippen LogP contribution in [-0.2, 0) is 6.54 Å². The molecule has 16 heavy (non-hydrogen) atoms. The van der Waals surface area contributed by atoms with Crippen LogP contribution in [0.15, 0.2) is 16.7 Å². The van der Waals surface area contributed by atoms with Gasteiger partial charge in [-0.15, -0.1) is 6.42 Å². The van der Waals surface area contributed by atoms with E-state index < -0.39 is 5.97 Å². The zero-order chi connectivity index (χ0) is 12.0. The summed E-state index contributed by atoms with van der Waals surface area (Å²) in [4.78, 5) is 10.8. The molecule has 0 spiro atoms. The van der Waals surface area contributed by atoms with Crippen LogP contribution in [-0.4, -0.2) is 17.1 Å². The molecule has 1 unspecified atom stereocenters. The van der Waals surface area contributed by atoms with Crippen LogP contribution in [0.1, 0.15) is 35.9 Å². The molecule has 0 aliphatic rings. The van der Waals surface area contributed by atoms with E-state index in [4.69, 9.17) is 15.9 Å². The minimum absolute atomic E-state index is 0.0263. The van der Waals surface area contributed by atoms with E-state index in [0.29, 0.717) is 12.1 Å². The minimum Gasteiger partial charge on any atom is -0.475 e. The number of nitrogens with one attached hydrogen (secondary N) is 1. The summed E-state index contributed by atoms with van der Waals surface area (Å²) >= 11 is 0. The van der Waals surface area contributed by atoms with Gasteiger partial charge >= 0.3 is 5.97 Å². The van der Waals surface area contributed by atoms with Gasteiger partial charge in [-0.05, 0) is 12.5 Å². The van der Waals surface area contributed by atoms with Crippen molar-refractivity contribution in [1.82, 2.24) is 5.32 Å². The highest BCUT2D eigenvalue weighted by molar-refractivity contribution is 5.86. The molecule has 0 aliphatic carbocycles. The Bertz CT molecular complexity index is 389. The third kappa shape index (κ3) is 3.14. The minimum atomic E-state index is -1.06. The lowest BCUT2D eigenvalue weighted by atomic mass is 10.1. The first-order valence-electron chi connectivity index (χ1n) is 5.18. The van der Waals surface area contributed by atoms with E-state index in [9.17, 15) is 4.79 Å². The van der Waals surface area contributed by atoms with Gasteiger partial charge in [-0.2, -0.15) is 0 Å². The van der Waals surface area contributed by atoms with Crippen molar-refractivity contribution in [1.29, 1.82) is 0 Å². The van der Waals surface area contributed by atoms with Crippen molar-refractivity contribution in [3.8, 4) is 12.3 Å². The maximum absolute atomic E-state index is 10.8. The molecule has 0 fully saturated rings. The van der Waals surface area contributed by atoms with Gasteiger partial charge in [0, 0.05) is 12.1 Å².